The average molecular weight is 1240 g/mol. The molecule has 12 aliphatic rings. The number of carbonyl (C=O) groups excluding carboxylic acids is 8. The zero-order valence-corrected chi connectivity index (χ0v) is 52.2. The van der Waals surface area contributed by atoms with E-state index in [-0.39, 0.29) is 35.6 Å². The van der Waals surface area contributed by atoms with Gasteiger partial charge in [-0.15, -0.1) is 0 Å². The molecule has 12 aliphatic carbocycles. The zero-order chi connectivity index (χ0) is 62.1. The van der Waals surface area contributed by atoms with Crippen molar-refractivity contribution in [2.24, 2.45) is 142 Å². The van der Waals surface area contributed by atoms with Gasteiger partial charge in [0.1, 0.15) is 6.42 Å². The van der Waals surface area contributed by atoms with Crippen molar-refractivity contribution in [2.75, 3.05) is 52.9 Å². The van der Waals surface area contributed by atoms with Crippen LogP contribution in [0, 0.1) is 142 Å². The summed E-state index contributed by atoms with van der Waals surface area (Å²) in [5, 5.41) is 0. The standard InChI is InChI=1S/C74H90O16/c1-4-67(75)83-30-39-11-55-49-23-53(61(27-49)63(55)15-39)36-89-73(81)45-9-5-7-43(19-45)71(79)87-32-41-13-57-47-21-51(59(25-47)64(57)17-41)34-84-68(76)29-69(77)85-35-52-22-48-26-60(52)65-18-42(14-58(48)65)33-88-72(80)44-8-6-10-46(20-44)74(82)90-37-54-24-50-28-62(54)66-16-40(12-56(50)66)31-86-70(78)38(2)3/h4-10,19-20,39-42,47-66H,1-2,11-18,21-37H2,3H3/t39?,40?,41?,42?,47?,48?,49?,50?,51?,52?,53?,54?,55-,56-,57?,58?,59?,60?,61?,62?,63-,64?,65?,66-/m0/s1. The van der Waals surface area contributed by atoms with E-state index in [1.54, 1.807) is 55.5 Å². The number of esters is 8. The van der Waals surface area contributed by atoms with Gasteiger partial charge in [0.15, 0.2) is 0 Å². The van der Waals surface area contributed by atoms with Crippen molar-refractivity contribution in [2.45, 2.75) is 116 Å². The lowest BCUT2D eigenvalue weighted by atomic mass is 9.76. The smallest absolute Gasteiger partial charge is 0.338 e. The minimum Gasteiger partial charge on any atom is -0.465 e. The quantitative estimate of drug-likeness (QED) is 0.0414. The largest absolute Gasteiger partial charge is 0.465 e. The molecule has 16 nitrogen and oxygen atoms in total. The predicted molar refractivity (Wildman–Crippen MR) is 325 cm³/mol. The van der Waals surface area contributed by atoms with E-state index >= 15 is 0 Å². The Morgan fingerprint density at radius 1 is 0.367 bits per heavy atom. The van der Waals surface area contributed by atoms with E-state index in [2.05, 4.69) is 13.2 Å². The summed E-state index contributed by atoms with van der Waals surface area (Å²) >= 11 is 0. The Balaban J connectivity index is 0.462. The fourth-order valence-corrected chi connectivity index (χ4v) is 22.4. The van der Waals surface area contributed by atoms with Gasteiger partial charge >= 0.3 is 47.8 Å². The lowest BCUT2D eigenvalue weighted by Gasteiger charge is -2.31. The third-order valence-corrected chi connectivity index (χ3v) is 25.9. The summed E-state index contributed by atoms with van der Waals surface area (Å²) in [7, 11) is 0. The lowest BCUT2D eigenvalue weighted by molar-refractivity contribution is -0.157. The van der Waals surface area contributed by atoms with E-state index < -0.39 is 42.2 Å². The first-order chi connectivity index (χ1) is 43.6. The van der Waals surface area contributed by atoms with Crippen LogP contribution in [0.4, 0.5) is 0 Å². The predicted octanol–water partition coefficient (Wildman–Crippen LogP) is 11.5. The van der Waals surface area contributed by atoms with Gasteiger partial charge in [0.05, 0.1) is 75.1 Å². The molecule has 2 aromatic rings. The van der Waals surface area contributed by atoms with Gasteiger partial charge in [0.2, 0.25) is 0 Å². The third-order valence-electron chi connectivity index (χ3n) is 25.9. The van der Waals surface area contributed by atoms with Crippen LogP contribution in [-0.4, -0.2) is 101 Å². The van der Waals surface area contributed by atoms with Crippen molar-refractivity contribution < 1.29 is 76.3 Å². The summed E-state index contributed by atoms with van der Waals surface area (Å²) in [6.45, 7) is 11.7. The van der Waals surface area contributed by atoms with E-state index in [1.807, 2.05) is 0 Å². The highest BCUT2D eigenvalue weighted by Gasteiger charge is 2.60. The van der Waals surface area contributed by atoms with Gasteiger partial charge in [0, 0.05) is 11.6 Å². The van der Waals surface area contributed by atoms with Crippen LogP contribution in [0.1, 0.15) is 158 Å². The Bertz CT molecular complexity index is 3150. The molecular weight excluding hydrogens is 1140 g/mol. The summed E-state index contributed by atoms with van der Waals surface area (Å²) in [6.07, 6.45) is 17.7. The van der Waals surface area contributed by atoms with Crippen molar-refractivity contribution >= 4 is 47.8 Å². The molecule has 0 heterocycles. The summed E-state index contributed by atoms with van der Waals surface area (Å²) in [5.41, 5.74) is 1.76. The molecule has 14 rings (SSSR count). The molecule has 0 amide bonds. The SMILES string of the molecule is C=CC(=O)OCC1C[C@@H]2C3CC(CC3COC(=O)c3cccc(C(=O)OCC4CC5C6CC(COC(=O)CC(=O)OCC7CC8CC7C7CC(COC(=O)c9cccc(C(=O)OCC%10CC%11CC%10[C@H]%10CC(COC(=O)C(=C)C)C[C@@H]%11%10)c9)CC87)C(C6)C5C4)c3)[C@@H]2C1. The number of benzene rings is 2. The Kier molecular flexibility index (Phi) is 17.4. The fourth-order valence-electron chi connectivity index (χ4n) is 22.4. The maximum Gasteiger partial charge on any atom is 0.338 e. The molecule has 12 fully saturated rings. The summed E-state index contributed by atoms with van der Waals surface area (Å²) < 4.78 is 46.0. The second kappa shape index (κ2) is 25.6. The summed E-state index contributed by atoms with van der Waals surface area (Å²) in [6, 6.07) is 13.3. The number of hydrogen-bond acceptors (Lipinski definition) is 16. The molecule has 8 bridgehead atoms. The Hall–Kier alpha value is -6.32. The van der Waals surface area contributed by atoms with Gasteiger partial charge < -0.3 is 37.9 Å². The second-order valence-electron chi connectivity index (χ2n) is 30.6. The Morgan fingerprint density at radius 2 is 0.656 bits per heavy atom. The first kappa shape index (κ1) is 61.2. The van der Waals surface area contributed by atoms with Crippen LogP contribution in [0.25, 0.3) is 0 Å². The second-order valence-corrected chi connectivity index (χ2v) is 30.6. The Labute approximate surface area is 528 Å². The van der Waals surface area contributed by atoms with E-state index in [1.165, 1.54) is 18.9 Å². The molecule has 20 unspecified atom stereocenters. The molecular formula is C74H90O16. The summed E-state index contributed by atoms with van der Waals surface area (Å²) in [5.74, 6) is 7.61. The molecule has 0 radical (unpaired) electrons. The lowest BCUT2D eigenvalue weighted by Crippen LogP contribution is -2.29. The summed E-state index contributed by atoms with van der Waals surface area (Å²) in [4.78, 5) is 103. The molecule has 0 saturated heterocycles. The van der Waals surface area contributed by atoms with E-state index in [9.17, 15) is 38.4 Å². The van der Waals surface area contributed by atoms with Gasteiger partial charge in [-0.3, -0.25) is 9.59 Å². The minimum absolute atomic E-state index is 0.239. The van der Waals surface area contributed by atoms with Crippen molar-refractivity contribution in [1.82, 2.24) is 0 Å². The molecule has 0 aromatic heterocycles. The van der Waals surface area contributed by atoms with Crippen molar-refractivity contribution in [3.8, 4) is 0 Å². The molecule has 16 heteroatoms. The molecule has 0 spiro atoms. The maximum atomic E-state index is 13.4. The minimum atomic E-state index is -0.546. The van der Waals surface area contributed by atoms with Crippen LogP contribution in [0.2, 0.25) is 0 Å². The average Bonchev–Trinajstić information content (AvgIpc) is 1.65. The molecule has 24 atom stereocenters. The van der Waals surface area contributed by atoms with Crippen molar-refractivity contribution in [3.63, 3.8) is 0 Å². The van der Waals surface area contributed by atoms with Gasteiger partial charge in [0.25, 0.3) is 0 Å². The Morgan fingerprint density at radius 3 is 0.978 bits per heavy atom. The van der Waals surface area contributed by atoms with Gasteiger partial charge in [-0.05, 0) is 288 Å². The van der Waals surface area contributed by atoms with Crippen LogP contribution in [0.5, 0.6) is 0 Å². The first-order valence-electron chi connectivity index (χ1n) is 34.4. The normalized spacial score (nSPS) is 38.6. The molecule has 0 N–H and O–H groups in total. The topological polar surface area (TPSA) is 210 Å². The van der Waals surface area contributed by atoms with Crippen molar-refractivity contribution in [3.05, 3.63) is 95.6 Å². The first-order valence-corrected chi connectivity index (χ1v) is 34.4. The highest BCUT2D eigenvalue weighted by Crippen LogP contribution is 2.66. The molecule has 0 aliphatic heterocycles. The molecule has 12 saturated carbocycles. The van der Waals surface area contributed by atoms with Gasteiger partial charge in [-0.25, -0.2) is 28.8 Å². The zero-order valence-electron chi connectivity index (χ0n) is 52.2. The molecule has 482 valence electrons. The number of fused-ring (bicyclic) bond motifs is 20. The maximum absolute atomic E-state index is 13.4. The number of rotatable bonds is 24. The van der Waals surface area contributed by atoms with Crippen LogP contribution in [-0.2, 0) is 57.1 Å². The van der Waals surface area contributed by atoms with Crippen LogP contribution in [0.15, 0.2) is 73.3 Å². The monoisotopic (exact) mass is 1230 g/mol. The fraction of sp³-hybridized carbons (Fsp3) is 0.676. The van der Waals surface area contributed by atoms with E-state index in [0.717, 1.165) is 89.9 Å². The highest BCUT2D eigenvalue weighted by atomic mass is 16.6. The van der Waals surface area contributed by atoms with E-state index in [0.29, 0.717) is 199 Å². The van der Waals surface area contributed by atoms with E-state index in [4.69, 9.17) is 37.9 Å². The third kappa shape index (κ3) is 12.3. The number of carbonyl (C=O) groups is 8. The van der Waals surface area contributed by atoms with Gasteiger partial charge in [-0.2, -0.15) is 0 Å². The van der Waals surface area contributed by atoms with Crippen LogP contribution in [0.3, 0.4) is 0 Å². The number of hydrogen-bond donors (Lipinski definition) is 0. The number of ether oxygens (including phenoxy) is 8. The molecule has 90 heavy (non-hydrogen) atoms. The highest BCUT2D eigenvalue weighted by molar-refractivity contribution is 5.96. The van der Waals surface area contributed by atoms with Crippen LogP contribution < -0.4 is 0 Å². The van der Waals surface area contributed by atoms with Crippen LogP contribution >= 0.6 is 0 Å². The van der Waals surface area contributed by atoms with Crippen molar-refractivity contribution in [1.29, 1.82) is 0 Å². The van der Waals surface area contributed by atoms with Gasteiger partial charge in [-0.1, -0.05) is 25.3 Å². The molecule has 2 aromatic carbocycles.